The van der Waals surface area contributed by atoms with Crippen molar-refractivity contribution in [2.24, 2.45) is 0 Å². The van der Waals surface area contributed by atoms with E-state index in [1.54, 1.807) is 54.6 Å². The van der Waals surface area contributed by atoms with Gasteiger partial charge in [-0.2, -0.15) is 0 Å². The van der Waals surface area contributed by atoms with Gasteiger partial charge in [0.2, 0.25) is 0 Å². The number of ketones is 1. The summed E-state index contributed by atoms with van der Waals surface area (Å²) in [7, 11) is 0. The van der Waals surface area contributed by atoms with Gasteiger partial charge in [-0.1, -0.05) is 60.1 Å². The average Bonchev–Trinajstić information content (AvgIpc) is 2.93. The van der Waals surface area contributed by atoms with E-state index in [0.717, 1.165) is 0 Å². The normalized spacial score (nSPS) is 18.5. The van der Waals surface area contributed by atoms with Gasteiger partial charge in [-0.25, -0.2) is 0 Å². The predicted octanol–water partition coefficient (Wildman–Crippen LogP) is 2.29. The van der Waals surface area contributed by atoms with E-state index in [0.29, 0.717) is 16.1 Å². The van der Waals surface area contributed by atoms with Crippen LogP contribution in [0, 0.1) is 0 Å². The number of carbonyl (C=O) groups is 3. The highest BCUT2D eigenvalue weighted by molar-refractivity contribution is 6.47. The van der Waals surface area contributed by atoms with Crippen LogP contribution in [0.2, 0.25) is 5.02 Å². The Hall–Kier alpha value is -3.12. The molecule has 1 N–H and O–H groups in total. The van der Waals surface area contributed by atoms with Gasteiger partial charge >= 0.3 is 0 Å². The van der Waals surface area contributed by atoms with Crippen molar-refractivity contribution < 1.29 is 24.6 Å². The SMILES string of the molecule is O=C([O-])CCCN1C(=O)C(=O)C(=C(O)c2ccccc2)[C@@H]1c1ccccc1Cl. The van der Waals surface area contributed by atoms with E-state index < -0.39 is 23.7 Å². The van der Waals surface area contributed by atoms with Gasteiger partial charge in [0.1, 0.15) is 5.76 Å². The smallest absolute Gasteiger partial charge is 0.295 e. The van der Waals surface area contributed by atoms with Gasteiger partial charge in [0.25, 0.3) is 11.7 Å². The van der Waals surface area contributed by atoms with Crippen LogP contribution in [0.1, 0.15) is 30.0 Å². The van der Waals surface area contributed by atoms with Crippen molar-refractivity contribution in [3.05, 3.63) is 76.3 Å². The molecular formula is C21H17ClNO5-. The Labute approximate surface area is 166 Å². The number of hydrogen-bond acceptors (Lipinski definition) is 5. The summed E-state index contributed by atoms with van der Waals surface area (Å²) in [6, 6.07) is 14.2. The summed E-state index contributed by atoms with van der Waals surface area (Å²) >= 11 is 6.31. The fraction of sp³-hybridized carbons (Fsp3) is 0.190. The molecule has 6 nitrogen and oxygen atoms in total. The number of aliphatic hydroxyl groups is 1. The zero-order chi connectivity index (χ0) is 20.3. The van der Waals surface area contributed by atoms with Crippen molar-refractivity contribution in [2.75, 3.05) is 6.54 Å². The zero-order valence-corrected chi connectivity index (χ0v) is 15.6. The second-order valence-corrected chi connectivity index (χ2v) is 6.76. The molecule has 1 amide bonds. The minimum atomic E-state index is -1.24. The maximum atomic E-state index is 12.7. The van der Waals surface area contributed by atoms with E-state index in [1.165, 1.54) is 4.90 Å². The first-order valence-corrected chi connectivity index (χ1v) is 9.07. The summed E-state index contributed by atoms with van der Waals surface area (Å²) in [5.74, 6) is -3.18. The summed E-state index contributed by atoms with van der Waals surface area (Å²) in [5, 5.41) is 21.9. The summed E-state index contributed by atoms with van der Waals surface area (Å²) < 4.78 is 0. The van der Waals surface area contributed by atoms with E-state index >= 15 is 0 Å². The molecule has 28 heavy (non-hydrogen) atoms. The molecule has 7 heteroatoms. The van der Waals surface area contributed by atoms with E-state index in [9.17, 15) is 24.6 Å². The second-order valence-electron chi connectivity index (χ2n) is 6.36. The summed E-state index contributed by atoms with van der Waals surface area (Å²) in [5.41, 5.74) is 0.805. The molecule has 2 aromatic carbocycles. The minimum Gasteiger partial charge on any atom is -0.550 e. The molecule has 0 aromatic heterocycles. The molecule has 1 fully saturated rings. The maximum absolute atomic E-state index is 12.7. The highest BCUT2D eigenvalue weighted by atomic mass is 35.5. The van der Waals surface area contributed by atoms with Crippen LogP contribution < -0.4 is 5.11 Å². The van der Waals surface area contributed by atoms with Crippen molar-refractivity contribution in [2.45, 2.75) is 18.9 Å². The molecule has 0 spiro atoms. The third-order valence-corrected chi connectivity index (χ3v) is 4.91. The van der Waals surface area contributed by atoms with Crippen LogP contribution in [-0.4, -0.2) is 34.2 Å². The van der Waals surface area contributed by atoms with Crippen LogP contribution in [0.5, 0.6) is 0 Å². The Morgan fingerprint density at radius 2 is 1.71 bits per heavy atom. The molecule has 1 aliphatic rings. The first-order valence-electron chi connectivity index (χ1n) is 8.70. The molecule has 0 radical (unpaired) electrons. The third-order valence-electron chi connectivity index (χ3n) is 4.57. The Bertz CT molecular complexity index is 954. The Balaban J connectivity index is 2.11. The van der Waals surface area contributed by atoms with E-state index in [2.05, 4.69) is 0 Å². The molecule has 2 aromatic rings. The maximum Gasteiger partial charge on any atom is 0.295 e. The number of carboxylic acid groups (broad SMARTS) is 1. The fourth-order valence-electron chi connectivity index (χ4n) is 3.28. The minimum absolute atomic E-state index is 0.0139. The van der Waals surface area contributed by atoms with Crippen LogP contribution in [0.25, 0.3) is 5.76 Å². The highest BCUT2D eigenvalue weighted by Gasteiger charge is 2.46. The van der Waals surface area contributed by atoms with Crippen LogP contribution >= 0.6 is 11.6 Å². The molecule has 0 bridgehead atoms. The number of aliphatic carboxylic acids is 1. The Kier molecular flexibility index (Phi) is 5.80. The van der Waals surface area contributed by atoms with E-state index in [1.807, 2.05) is 0 Å². The van der Waals surface area contributed by atoms with Gasteiger partial charge in [0.05, 0.1) is 11.6 Å². The Morgan fingerprint density at radius 1 is 1.07 bits per heavy atom. The van der Waals surface area contributed by atoms with Crippen molar-refractivity contribution in [1.29, 1.82) is 0 Å². The van der Waals surface area contributed by atoms with Gasteiger partial charge in [-0.05, 0) is 24.5 Å². The average molecular weight is 399 g/mol. The second kappa shape index (κ2) is 8.27. The van der Waals surface area contributed by atoms with E-state index in [4.69, 9.17) is 11.6 Å². The summed E-state index contributed by atoms with van der Waals surface area (Å²) in [6.45, 7) is 0.0139. The number of nitrogens with zero attached hydrogens (tertiary/aromatic N) is 1. The number of rotatable bonds is 6. The first-order chi connectivity index (χ1) is 13.4. The number of amides is 1. The van der Waals surface area contributed by atoms with Crippen molar-refractivity contribution in [1.82, 2.24) is 4.90 Å². The molecule has 1 heterocycles. The molecule has 0 aliphatic carbocycles. The lowest BCUT2D eigenvalue weighted by molar-refractivity contribution is -0.305. The van der Waals surface area contributed by atoms with Crippen LogP contribution in [0.15, 0.2) is 60.2 Å². The highest BCUT2D eigenvalue weighted by Crippen LogP contribution is 2.41. The number of carboxylic acids is 1. The number of Topliss-reactive ketones (excluding diaryl/α,β-unsaturated/α-hetero) is 1. The lowest BCUT2D eigenvalue weighted by Gasteiger charge is -2.26. The summed E-state index contributed by atoms with van der Waals surface area (Å²) in [6.07, 6.45) is -0.140. The van der Waals surface area contributed by atoms with Crippen molar-refractivity contribution in [3.8, 4) is 0 Å². The molecule has 1 aliphatic heterocycles. The molecule has 3 rings (SSSR count). The number of halogens is 1. The number of benzene rings is 2. The quantitative estimate of drug-likeness (QED) is 0.457. The Morgan fingerprint density at radius 3 is 2.36 bits per heavy atom. The van der Waals surface area contributed by atoms with Crippen molar-refractivity contribution >= 4 is 35.0 Å². The fourth-order valence-corrected chi connectivity index (χ4v) is 3.52. The predicted molar refractivity (Wildman–Crippen MR) is 101 cm³/mol. The number of aliphatic hydroxyl groups excluding tert-OH is 1. The van der Waals surface area contributed by atoms with Crippen molar-refractivity contribution in [3.63, 3.8) is 0 Å². The molecule has 1 atom stereocenters. The molecule has 0 unspecified atom stereocenters. The number of carbonyl (C=O) groups excluding carboxylic acids is 3. The van der Waals surface area contributed by atoms with Gasteiger partial charge in [-0.15, -0.1) is 0 Å². The topological polar surface area (TPSA) is 97.7 Å². The van der Waals surface area contributed by atoms with E-state index in [-0.39, 0.29) is 30.7 Å². The van der Waals surface area contributed by atoms with Gasteiger partial charge in [0.15, 0.2) is 0 Å². The van der Waals surface area contributed by atoms with Crippen LogP contribution in [0.4, 0.5) is 0 Å². The molecule has 1 saturated heterocycles. The molecular weight excluding hydrogens is 382 g/mol. The van der Waals surface area contributed by atoms with Crippen LogP contribution in [0.3, 0.4) is 0 Å². The number of likely N-dealkylation sites (tertiary alicyclic amines) is 1. The number of hydrogen-bond donors (Lipinski definition) is 1. The lowest BCUT2D eigenvalue weighted by Crippen LogP contribution is -2.32. The standard InChI is InChI=1S/C21H18ClNO5/c22-15-10-5-4-9-14(15)18-17(19(26)13-7-2-1-3-8-13)20(27)21(28)23(18)12-6-11-16(24)25/h1-5,7-10,18,26H,6,11-12H2,(H,24,25)/p-1/t18-/m0/s1. The lowest BCUT2D eigenvalue weighted by atomic mass is 9.95. The van der Waals surface area contributed by atoms with Gasteiger partial charge in [0, 0.05) is 23.1 Å². The van der Waals surface area contributed by atoms with Gasteiger partial charge in [-0.3, -0.25) is 9.59 Å². The molecule has 144 valence electrons. The van der Waals surface area contributed by atoms with Crippen LogP contribution in [-0.2, 0) is 14.4 Å². The monoisotopic (exact) mass is 398 g/mol. The first kappa shape index (κ1) is 19.6. The zero-order valence-electron chi connectivity index (χ0n) is 14.8. The van der Waals surface area contributed by atoms with Gasteiger partial charge < -0.3 is 19.9 Å². The largest absolute Gasteiger partial charge is 0.550 e. The third kappa shape index (κ3) is 3.77. The summed E-state index contributed by atoms with van der Waals surface area (Å²) in [4.78, 5) is 37.4. The molecule has 0 saturated carbocycles.